The fourth-order valence-corrected chi connectivity index (χ4v) is 3.06. The summed E-state index contributed by atoms with van der Waals surface area (Å²) in [4.78, 5) is 28.3. The average molecular weight is 404 g/mol. The van der Waals surface area contributed by atoms with E-state index in [0.29, 0.717) is 5.56 Å². The molecule has 2 unspecified atom stereocenters. The standard InChI is InChI=1S/C17H16N4O6S/c1-4-13-14(19-20-18)16(22)21(13)15(11(2)27-28(3,24)25)17(23)26-10-12-8-6-5-7-9-12/h1,5-9,13-14H,10H2,2-3H3. The van der Waals surface area contributed by atoms with Crippen molar-refractivity contribution in [1.29, 1.82) is 0 Å². The summed E-state index contributed by atoms with van der Waals surface area (Å²) >= 11 is 0. The summed E-state index contributed by atoms with van der Waals surface area (Å²) in [5.74, 6) is 0.0521. The second kappa shape index (κ2) is 8.47. The molecule has 1 amide bonds. The number of carbonyl (C=O) groups is 2. The fourth-order valence-electron chi connectivity index (χ4n) is 2.53. The van der Waals surface area contributed by atoms with Gasteiger partial charge in [0, 0.05) is 4.91 Å². The van der Waals surface area contributed by atoms with E-state index in [9.17, 15) is 18.0 Å². The molecule has 11 heteroatoms. The Labute approximate surface area is 161 Å². The van der Waals surface area contributed by atoms with Gasteiger partial charge in [-0.05, 0) is 18.0 Å². The number of hydrogen-bond donors (Lipinski definition) is 0. The SMILES string of the molecule is C#CC1C(N=[N+]=[N-])C(=O)N1C(C(=O)OCc1ccccc1)=C(C)OS(C)(=O)=O. The Hall–Kier alpha value is -3.48. The number of ether oxygens (including phenoxy) is 1. The lowest BCUT2D eigenvalue weighted by Crippen LogP contribution is -2.63. The number of carbonyl (C=O) groups excluding carboxylic acids is 2. The number of rotatable bonds is 7. The number of hydrogen-bond acceptors (Lipinski definition) is 7. The molecule has 1 aliphatic heterocycles. The molecule has 2 atom stereocenters. The van der Waals surface area contributed by atoms with Crippen LogP contribution in [-0.2, 0) is 35.2 Å². The molecule has 1 saturated heterocycles. The zero-order chi connectivity index (χ0) is 20.9. The van der Waals surface area contributed by atoms with E-state index in [1.165, 1.54) is 6.92 Å². The van der Waals surface area contributed by atoms with Crippen LogP contribution in [0.1, 0.15) is 12.5 Å². The van der Waals surface area contributed by atoms with E-state index in [0.717, 1.165) is 11.2 Å². The summed E-state index contributed by atoms with van der Waals surface area (Å²) in [6.07, 6.45) is 6.16. The molecule has 0 saturated carbocycles. The van der Waals surface area contributed by atoms with Crippen LogP contribution in [0.25, 0.3) is 10.4 Å². The van der Waals surface area contributed by atoms with E-state index < -0.39 is 45.5 Å². The van der Waals surface area contributed by atoms with Crippen LogP contribution in [0, 0.1) is 12.3 Å². The van der Waals surface area contributed by atoms with E-state index in [2.05, 4.69) is 15.9 Å². The van der Waals surface area contributed by atoms with Gasteiger partial charge in [0.25, 0.3) is 0 Å². The lowest BCUT2D eigenvalue weighted by molar-refractivity contribution is -0.152. The number of nitrogens with zero attached hydrogens (tertiary/aromatic N) is 4. The van der Waals surface area contributed by atoms with Crippen LogP contribution in [-0.4, -0.2) is 43.5 Å². The Morgan fingerprint density at radius 1 is 1.39 bits per heavy atom. The fraction of sp³-hybridized carbons (Fsp3) is 0.294. The molecule has 0 aliphatic carbocycles. The van der Waals surface area contributed by atoms with Gasteiger partial charge in [-0.25, -0.2) is 4.79 Å². The van der Waals surface area contributed by atoms with Crippen LogP contribution in [0.4, 0.5) is 0 Å². The number of benzene rings is 1. The minimum atomic E-state index is -3.99. The molecule has 0 spiro atoms. The van der Waals surface area contributed by atoms with Crippen molar-refractivity contribution in [3.8, 4) is 12.3 Å². The summed E-state index contributed by atoms with van der Waals surface area (Å²) in [5.41, 5.74) is 8.75. The maximum absolute atomic E-state index is 12.6. The van der Waals surface area contributed by atoms with Gasteiger partial charge in [0.2, 0.25) is 5.91 Å². The molecule has 28 heavy (non-hydrogen) atoms. The molecule has 0 radical (unpaired) electrons. The van der Waals surface area contributed by atoms with Crippen LogP contribution >= 0.6 is 0 Å². The van der Waals surface area contributed by atoms with E-state index in [1.807, 2.05) is 0 Å². The molecular weight excluding hydrogens is 388 g/mol. The third-order valence-electron chi connectivity index (χ3n) is 3.67. The Balaban J connectivity index is 2.36. The lowest BCUT2D eigenvalue weighted by atomic mass is 9.95. The van der Waals surface area contributed by atoms with Crippen molar-refractivity contribution in [2.45, 2.75) is 25.6 Å². The van der Waals surface area contributed by atoms with Crippen molar-refractivity contribution in [2.24, 2.45) is 5.11 Å². The summed E-state index contributed by atoms with van der Waals surface area (Å²) < 4.78 is 32.8. The second-order valence-electron chi connectivity index (χ2n) is 5.72. The molecule has 1 heterocycles. The Morgan fingerprint density at radius 3 is 2.57 bits per heavy atom. The minimum Gasteiger partial charge on any atom is -0.456 e. The van der Waals surface area contributed by atoms with Gasteiger partial charge in [0.15, 0.2) is 5.70 Å². The molecule has 1 aromatic rings. The normalized spacial score (nSPS) is 19.5. The third-order valence-corrected chi connectivity index (χ3v) is 4.22. The van der Waals surface area contributed by atoms with Gasteiger partial charge >= 0.3 is 16.1 Å². The number of likely N-dealkylation sites (tertiary alicyclic amines) is 1. The highest BCUT2D eigenvalue weighted by Crippen LogP contribution is 2.31. The predicted molar refractivity (Wildman–Crippen MR) is 97.3 cm³/mol. The van der Waals surface area contributed by atoms with Crippen LogP contribution < -0.4 is 0 Å². The first-order valence-corrected chi connectivity index (χ1v) is 9.66. The summed E-state index contributed by atoms with van der Waals surface area (Å²) in [6.45, 7) is 1.06. The van der Waals surface area contributed by atoms with Crippen molar-refractivity contribution in [2.75, 3.05) is 6.26 Å². The van der Waals surface area contributed by atoms with E-state index >= 15 is 0 Å². The number of allylic oxidation sites excluding steroid dienone is 1. The Bertz CT molecular complexity index is 1010. The van der Waals surface area contributed by atoms with Gasteiger partial charge in [0.05, 0.1) is 6.26 Å². The van der Waals surface area contributed by atoms with Crippen molar-refractivity contribution in [1.82, 2.24) is 4.90 Å². The van der Waals surface area contributed by atoms with Gasteiger partial charge in [-0.15, -0.1) is 6.42 Å². The molecular formula is C17H16N4O6S. The van der Waals surface area contributed by atoms with Crippen LogP contribution in [0.2, 0.25) is 0 Å². The number of amides is 1. The molecule has 2 rings (SSSR count). The molecule has 1 aromatic carbocycles. The number of terminal acetylenes is 1. The molecule has 146 valence electrons. The zero-order valence-electron chi connectivity index (χ0n) is 15.0. The van der Waals surface area contributed by atoms with Gasteiger partial charge in [-0.2, -0.15) is 8.42 Å². The minimum absolute atomic E-state index is 0.127. The highest BCUT2D eigenvalue weighted by atomic mass is 32.2. The maximum atomic E-state index is 12.6. The second-order valence-corrected chi connectivity index (χ2v) is 7.30. The first-order chi connectivity index (χ1) is 13.2. The van der Waals surface area contributed by atoms with Gasteiger partial charge in [-0.1, -0.05) is 41.4 Å². The average Bonchev–Trinajstić information content (AvgIpc) is 2.64. The molecule has 0 aromatic heterocycles. The van der Waals surface area contributed by atoms with Crippen molar-refractivity contribution in [3.63, 3.8) is 0 Å². The van der Waals surface area contributed by atoms with E-state index in [-0.39, 0.29) is 6.61 Å². The largest absolute Gasteiger partial charge is 0.456 e. The van der Waals surface area contributed by atoms with Crippen molar-refractivity contribution >= 4 is 22.0 Å². The third kappa shape index (κ3) is 4.62. The first-order valence-electron chi connectivity index (χ1n) is 7.84. The van der Waals surface area contributed by atoms with Gasteiger partial charge in [0.1, 0.15) is 24.4 Å². The number of β-lactam (4-membered cyclic amide) rings is 1. The van der Waals surface area contributed by atoms with E-state index in [4.69, 9.17) is 20.9 Å². The van der Waals surface area contributed by atoms with Crippen LogP contribution in [0.15, 0.2) is 46.9 Å². The lowest BCUT2D eigenvalue weighted by Gasteiger charge is -2.42. The highest BCUT2D eigenvalue weighted by molar-refractivity contribution is 7.86. The number of azide groups is 1. The van der Waals surface area contributed by atoms with Gasteiger partial charge in [-0.3, -0.25) is 9.69 Å². The maximum Gasteiger partial charge on any atom is 0.359 e. The Kier molecular flexibility index (Phi) is 6.30. The van der Waals surface area contributed by atoms with Crippen LogP contribution in [0.5, 0.6) is 0 Å². The quantitative estimate of drug-likeness (QED) is 0.0776. The van der Waals surface area contributed by atoms with E-state index in [1.54, 1.807) is 30.3 Å². The molecule has 0 N–H and O–H groups in total. The molecule has 1 aliphatic rings. The van der Waals surface area contributed by atoms with Gasteiger partial charge < -0.3 is 8.92 Å². The monoisotopic (exact) mass is 404 g/mol. The highest BCUT2D eigenvalue weighted by Gasteiger charge is 2.50. The summed E-state index contributed by atoms with van der Waals surface area (Å²) in [7, 11) is -3.99. The number of esters is 1. The molecule has 10 nitrogen and oxygen atoms in total. The summed E-state index contributed by atoms with van der Waals surface area (Å²) in [5, 5.41) is 3.30. The molecule has 0 bridgehead atoms. The van der Waals surface area contributed by atoms with Crippen molar-refractivity contribution in [3.05, 3.63) is 57.8 Å². The smallest absolute Gasteiger partial charge is 0.359 e. The predicted octanol–water partition coefficient (Wildman–Crippen LogP) is 1.46. The molecule has 1 fully saturated rings. The van der Waals surface area contributed by atoms with Crippen molar-refractivity contribution < 1.29 is 26.9 Å². The van der Waals surface area contributed by atoms with Crippen LogP contribution in [0.3, 0.4) is 0 Å². The zero-order valence-corrected chi connectivity index (χ0v) is 15.8. The Morgan fingerprint density at radius 2 is 2.04 bits per heavy atom. The first kappa shape index (κ1) is 20.8. The summed E-state index contributed by atoms with van der Waals surface area (Å²) in [6, 6.07) is 6.41. The topological polar surface area (TPSA) is 139 Å².